The van der Waals surface area contributed by atoms with E-state index in [0.29, 0.717) is 0 Å². The molecule has 0 aromatic heterocycles. The average Bonchev–Trinajstić information content (AvgIpc) is 2.03. The lowest BCUT2D eigenvalue weighted by atomic mass is 10.3. The molecule has 0 aliphatic heterocycles. The van der Waals surface area contributed by atoms with Crippen LogP contribution in [-0.4, -0.2) is 0 Å². The van der Waals surface area contributed by atoms with E-state index in [1.807, 2.05) is 0 Å². The molecule has 0 spiro atoms. The molecule has 0 aliphatic carbocycles. The maximum atomic E-state index is 12.7. The number of halogens is 4. The van der Waals surface area contributed by atoms with E-state index < -0.39 is 23.5 Å². The fourth-order valence-electron chi connectivity index (χ4n) is 0.699. The molecule has 0 N–H and O–H groups in total. The van der Waals surface area contributed by atoms with Crippen molar-refractivity contribution in [3.05, 3.63) is 42.2 Å². The highest BCUT2D eigenvalue weighted by molar-refractivity contribution is 5.26. The summed E-state index contributed by atoms with van der Waals surface area (Å²) in [6, 6.07) is 2.91. The number of para-hydroxylation sites is 1. The summed E-state index contributed by atoms with van der Waals surface area (Å²) >= 11 is 0. The molecule has 0 aliphatic rings. The number of hydrogen-bond donors (Lipinski definition) is 0. The summed E-state index contributed by atoms with van der Waals surface area (Å²) in [5, 5.41) is 0. The highest BCUT2D eigenvalue weighted by Crippen LogP contribution is 2.21. The molecule has 0 radical (unpaired) electrons. The Morgan fingerprint density at radius 2 is 1.69 bits per heavy atom. The van der Waals surface area contributed by atoms with Gasteiger partial charge < -0.3 is 4.74 Å². The van der Waals surface area contributed by atoms with E-state index in [0.717, 1.165) is 18.2 Å². The van der Waals surface area contributed by atoms with E-state index in [1.165, 1.54) is 0 Å². The van der Waals surface area contributed by atoms with Gasteiger partial charge in [0, 0.05) is 0 Å². The van der Waals surface area contributed by atoms with Crippen LogP contribution in [-0.2, 0) is 0 Å². The molecule has 0 saturated carbocycles. The topological polar surface area (TPSA) is 9.23 Å². The Balaban J connectivity index is 2.94. The molecular formula is C8H4F4O. The molecule has 0 bridgehead atoms. The zero-order valence-corrected chi connectivity index (χ0v) is 6.23. The van der Waals surface area contributed by atoms with Crippen LogP contribution in [0.1, 0.15) is 0 Å². The van der Waals surface area contributed by atoms with Crippen molar-refractivity contribution < 1.29 is 22.3 Å². The number of rotatable bonds is 2. The molecular weight excluding hydrogens is 188 g/mol. The van der Waals surface area contributed by atoms with E-state index >= 15 is 0 Å². The highest BCUT2D eigenvalue weighted by Gasteiger charge is 2.08. The Morgan fingerprint density at radius 1 is 1.15 bits per heavy atom. The lowest BCUT2D eigenvalue weighted by molar-refractivity contribution is 0.344. The summed E-state index contributed by atoms with van der Waals surface area (Å²) in [5.41, 5.74) is 0. The summed E-state index contributed by atoms with van der Waals surface area (Å²) in [6.45, 7) is 0. The van der Waals surface area contributed by atoms with E-state index in [1.54, 1.807) is 0 Å². The monoisotopic (exact) mass is 192 g/mol. The summed E-state index contributed by atoms with van der Waals surface area (Å²) in [5.74, 6) is -2.90. The Morgan fingerprint density at radius 3 is 2.15 bits per heavy atom. The summed E-state index contributed by atoms with van der Waals surface area (Å²) < 4.78 is 52.3. The van der Waals surface area contributed by atoms with Crippen molar-refractivity contribution >= 4 is 0 Å². The number of hydrogen-bond acceptors (Lipinski definition) is 1. The zero-order chi connectivity index (χ0) is 9.84. The second-order valence-electron chi connectivity index (χ2n) is 2.08. The largest absolute Gasteiger partial charge is 0.453 e. The SMILES string of the molecule is FC(F)=COc1c(F)cccc1F. The molecule has 1 aromatic carbocycles. The van der Waals surface area contributed by atoms with Crippen molar-refractivity contribution in [3.8, 4) is 5.75 Å². The van der Waals surface area contributed by atoms with Gasteiger partial charge in [0.2, 0.25) is 0 Å². The molecule has 1 rings (SSSR count). The molecule has 70 valence electrons. The van der Waals surface area contributed by atoms with Gasteiger partial charge in [-0.3, -0.25) is 0 Å². The van der Waals surface area contributed by atoms with Crippen LogP contribution in [0.4, 0.5) is 17.6 Å². The van der Waals surface area contributed by atoms with Crippen LogP contribution in [0.2, 0.25) is 0 Å². The fourth-order valence-corrected chi connectivity index (χ4v) is 0.699. The van der Waals surface area contributed by atoms with E-state index in [9.17, 15) is 17.6 Å². The fraction of sp³-hybridized carbons (Fsp3) is 0. The molecule has 0 saturated heterocycles. The molecule has 0 unspecified atom stereocenters. The first-order valence-electron chi connectivity index (χ1n) is 3.23. The van der Waals surface area contributed by atoms with Gasteiger partial charge in [-0.15, -0.1) is 0 Å². The van der Waals surface area contributed by atoms with Crippen molar-refractivity contribution in [2.45, 2.75) is 0 Å². The van der Waals surface area contributed by atoms with Gasteiger partial charge in [0.15, 0.2) is 23.6 Å². The Hall–Kier alpha value is -1.52. The van der Waals surface area contributed by atoms with Gasteiger partial charge in [-0.05, 0) is 12.1 Å². The summed E-state index contributed by atoms with van der Waals surface area (Å²) in [6.07, 6.45) is -2.19. The predicted octanol–water partition coefficient (Wildman–Crippen LogP) is 3.08. The predicted molar refractivity (Wildman–Crippen MR) is 37.3 cm³/mol. The third-order valence-corrected chi connectivity index (χ3v) is 1.18. The van der Waals surface area contributed by atoms with Gasteiger partial charge >= 0.3 is 6.08 Å². The third-order valence-electron chi connectivity index (χ3n) is 1.18. The van der Waals surface area contributed by atoms with Gasteiger partial charge in [-0.2, -0.15) is 8.78 Å². The van der Waals surface area contributed by atoms with Crippen LogP contribution < -0.4 is 4.74 Å². The van der Waals surface area contributed by atoms with E-state index in [4.69, 9.17) is 0 Å². The minimum atomic E-state index is -2.16. The molecule has 0 amide bonds. The zero-order valence-electron chi connectivity index (χ0n) is 6.23. The molecule has 1 nitrogen and oxygen atoms in total. The quantitative estimate of drug-likeness (QED) is 0.516. The molecule has 1 aromatic rings. The van der Waals surface area contributed by atoms with Crippen molar-refractivity contribution in [1.29, 1.82) is 0 Å². The Bertz CT molecular complexity index is 311. The number of ether oxygens (including phenoxy) is 1. The molecule has 0 atom stereocenters. The lowest BCUT2D eigenvalue weighted by Gasteiger charge is -2.01. The second kappa shape index (κ2) is 3.93. The minimum Gasteiger partial charge on any atom is -0.453 e. The van der Waals surface area contributed by atoms with Crippen LogP contribution in [0.25, 0.3) is 0 Å². The highest BCUT2D eigenvalue weighted by atomic mass is 19.3. The van der Waals surface area contributed by atoms with Gasteiger partial charge in [0.1, 0.15) is 0 Å². The molecule has 0 heterocycles. The van der Waals surface area contributed by atoms with Crippen LogP contribution >= 0.6 is 0 Å². The maximum absolute atomic E-state index is 12.7. The second-order valence-corrected chi connectivity index (χ2v) is 2.08. The van der Waals surface area contributed by atoms with Crippen LogP contribution in [0.5, 0.6) is 5.75 Å². The summed E-state index contributed by atoms with van der Waals surface area (Å²) in [4.78, 5) is 0. The van der Waals surface area contributed by atoms with E-state index in [-0.39, 0.29) is 6.26 Å². The first kappa shape index (κ1) is 9.57. The van der Waals surface area contributed by atoms with Gasteiger partial charge in [-0.25, -0.2) is 8.78 Å². The Labute approximate surface area is 71.2 Å². The standard InChI is InChI=1S/C8H4F4O/c9-5-2-1-3-6(10)8(5)13-4-7(11)12/h1-4H. The van der Waals surface area contributed by atoms with Crippen molar-refractivity contribution in [3.63, 3.8) is 0 Å². The van der Waals surface area contributed by atoms with Gasteiger partial charge in [0.05, 0.1) is 0 Å². The number of benzene rings is 1. The van der Waals surface area contributed by atoms with Crippen LogP contribution in [0.15, 0.2) is 30.5 Å². The van der Waals surface area contributed by atoms with Crippen molar-refractivity contribution in [2.75, 3.05) is 0 Å². The lowest BCUT2D eigenvalue weighted by Crippen LogP contribution is -1.91. The first-order valence-corrected chi connectivity index (χ1v) is 3.23. The van der Waals surface area contributed by atoms with Crippen molar-refractivity contribution in [2.24, 2.45) is 0 Å². The maximum Gasteiger partial charge on any atom is 0.305 e. The van der Waals surface area contributed by atoms with E-state index in [2.05, 4.69) is 4.74 Å². The van der Waals surface area contributed by atoms with Gasteiger partial charge in [-0.1, -0.05) is 6.07 Å². The molecule has 5 heteroatoms. The normalized spacial score (nSPS) is 9.54. The van der Waals surface area contributed by atoms with Gasteiger partial charge in [0.25, 0.3) is 0 Å². The van der Waals surface area contributed by atoms with Crippen LogP contribution in [0.3, 0.4) is 0 Å². The van der Waals surface area contributed by atoms with Crippen LogP contribution in [0, 0.1) is 11.6 Å². The first-order chi connectivity index (χ1) is 6.11. The third kappa shape index (κ3) is 2.47. The minimum absolute atomic E-state index is 0.0263. The summed E-state index contributed by atoms with van der Waals surface area (Å²) in [7, 11) is 0. The Kier molecular flexibility index (Phi) is 2.89. The smallest absolute Gasteiger partial charge is 0.305 e. The van der Waals surface area contributed by atoms with Crippen molar-refractivity contribution in [1.82, 2.24) is 0 Å². The average molecular weight is 192 g/mol. The molecule has 0 fully saturated rings. The molecule has 13 heavy (non-hydrogen) atoms.